The molecule has 2 rings (SSSR count). The van der Waals surface area contributed by atoms with Gasteiger partial charge < -0.3 is 5.11 Å². The van der Waals surface area contributed by atoms with E-state index in [1.54, 1.807) is 31.5 Å². The third-order valence-corrected chi connectivity index (χ3v) is 1.96. The Hall–Kier alpha value is -1.90. The summed E-state index contributed by atoms with van der Waals surface area (Å²) >= 11 is 0. The fourth-order valence-corrected chi connectivity index (χ4v) is 1.33. The lowest BCUT2D eigenvalue weighted by atomic mass is 10.2. The van der Waals surface area contributed by atoms with Crippen molar-refractivity contribution in [1.29, 1.82) is 0 Å². The van der Waals surface area contributed by atoms with Crippen LogP contribution in [-0.2, 0) is 0 Å². The minimum absolute atomic E-state index is 0.260. The van der Waals surface area contributed by atoms with Gasteiger partial charge in [-0.2, -0.15) is 0 Å². The van der Waals surface area contributed by atoms with Gasteiger partial charge in [0.25, 0.3) is 0 Å². The van der Waals surface area contributed by atoms with E-state index in [0.29, 0.717) is 0 Å². The third-order valence-electron chi connectivity index (χ3n) is 1.96. The second-order valence-electron chi connectivity index (χ2n) is 3.00. The second kappa shape index (κ2) is 3.46. The highest BCUT2D eigenvalue weighted by atomic mass is 16.3. The van der Waals surface area contributed by atoms with Gasteiger partial charge in [0.2, 0.25) is 0 Å². The molecule has 14 heavy (non-hydrogen) atoms. The number of hydrogen-bond donors (Lipinski definition) is 1. The van der Waals surface area contributed by atoms with Gasteiger partial charge in [0.15, 0.2) is 0 Å². The predicted octanol–water partition coefficient (Wildman–Crippen LogP) is 1.99. The molecule has 1 aromatic heterocycles. The van der Waals surface area contributed by atoms with E-state index in [-0.39, 0.29) is 5.75 Å². The van der Waals surface area contributed by atoms with Crippen molar-refractivity contribution in [2.75, 3.05) is 7.05 Å². The largest absolute Gasteiger partial charge is 0.508 e. The lowest BCUT2D eigenvalue weighted by Gasteiger charge is -1.98. The van der Waals surface area contributed by atoms with E-state index in [1.165, 1.54) is 0 Å². The van der Waals surface area contributed by atoms with Crippen LogP contribution in [0.15, 0.2) is 35.3 Å². The van der Waals surface area contributed by atoms with E-state index in [1.807, 2.05) is 12.1 Å². The van der Waals surface area contributed by atoms with Crippen molar-refractivity contribution in [1.82, 2.24) is 4.98 Å². The molecule has 3 heteroatoms. The van der Waals surface area contributed by atoms with E-state index < -0.39 is 0 Å². The average Bonchev–Trinajstić information content (AvgIpc) is 2.19. The first-order valence-corrected chi connectivity index (χ1v) is 4.31. The molecule has 3 nitrogen and oxygen atoms in total. The molecule has 0 fully saturated rings. The Kier molecular flexibility index (Phi) is 2.14. The van der Waals surface area contributed by atoms with Gasteiger partial charge in [-0.1, -0.05) is 6.07 Å². The molecule has 2 aromatic rings. The molecule has 0 aliphatic rings. The summed E-state index contributed by atoms with van der Waals surface area (Å²) in [6, 6.07) is 8.89. The number of pyridine rings is 1. The van der Waals surface area contributed by atoms with Crippen LogP contribution < -0.4 is 0 Å². The zero-order valence-electron chi connectivity index (χ0n) is 7.81. The molecule has 0 atom stereocenters. The quantitative estimate of drug-likeness (QED) is 0.692. The van der Waals surface area contributed by atoms with Crippen molar-refractivity contribution < 1.29 is 5.11 Å². The molecule has 0 amide bonds. The monoisotopic (exact) mass is 186 g/mol. The Morgan fingerprint density at radius 3 is 2.93 bits per heavy atom. The second-order valence-corrected chi connectivity index (χ2v) is 3.00. The van der Waals surface area contributed by atoms with Crippen LogP contribution in [0.2, 0.25) is 0 Å². The zero-order valence-corrected chi connectivity index (χ0v) is 7.81. The van der Waals surface area contributed by atoms with Crippen molar-refractivity contribution >= 4 is 17.1 Å². The van der Waals surface area contributed by atoms with Gasteiger partial charge in [-0.3, -0.25) is 4.99 Å². The number of aromatic hydroxyl groups is 1. The minimum atomic E-state index is 0.260. The summed E-state index contributed by atoms with van der Waals surface area (Å²) in [6.07, 6.45) is 1.70. The number of phenolic OH excluding ortho intramolecular Hbond substituents is 1. The van der Waals surface area contributed by atoms with Crippen molar-refractivity contribution in [3.8, 4) is 5.75 Å². The summed E-state index contributed by atoms with van der Waals surface area (Å²) < 4.78 is 0. The van der Waals surface area contributed by atoms with Gasteiger partial charge in [0.05, 0.1) is 11.2 Å². The molecule has 1 aromatic carbocycles. The van der Waals surface area contributed by atoms with Crippen LogP contribution in [0.3, 0.4) is 0 Å². The topological polar surface area (TPSA) is 45.5 Å². The smallest absolute Gasteiger partial charge is 0.116 e. The van der Waals surface area contributed by atoms with Crippen LogP contribution >= 0.6 is 0 Å². The first kappa shape index (κ1) is 8.69. The SMILES string of the molecule is C/N=C\c1ccc2cc(O)ccc2n1. The molecular weight excluding hydrogens is 176 g/mol. The molecule has 1 N–H and O–H groups in total. The number of hydrogen-bond acceptors (Lipinski definition) is 3. The van der Waals surface area contributed by atoms with Crippen molar-refractivity contribution in [3.05, 3.63) is 36.0 Å². The molecule has 0 radical (unpaired) electrons. The van der Waals surface area contributed by atoms with Gasteiger partial charge in [-0.05, 0) is 24.3 Å². The normalized spacial score (nSPS) is 11.2. The van der Waals surface area contributed by atoms with Crippen LogP contribution in [0.25, 0.3) is 10.9 Å². The number of phenols is 1. The van der Waals surface area contributed by atoms with Gasteiger partial charge in [-0.25, -0.2) is 4.98 Å². The first-order valence-electron chi connectivity index (χ1n) is 4.31. The van der Waals surface area contributed by atoms with Crippen LogP contribution in [0.5, 0.6) is 5.75 Å². The predicted molar refractivity (Wildman–Crippen MR) is 56.9 cm³/mol. The zero-order chi connectivity index (χ0) is 9.97. The molecule has 1 heterocycles. The summed E-state index contributed by atoms with van der Waals surface area (Å²) in [7, 11) is 1.71. The maximum Gasteiger partial charge on any atom is 0.116 e. The van der Waals surface area contributed by atoms with Crippen molar-refractivity contribution in [2.24, 2.45) is 4.99 Å². The maximum absolute atomic E-state index is 9.25. The Labute approximate surface area is 81.8 Å². The number of aromatic nitrogens is 1. The van der Waals surface area contributed by atoms with E-state index >= 15 is 0 Å². The van der Waals surface area contributed by atoms with Crippen molar-refractivity contribution in [3.63, 3.8) is 0 Å². The van der Waals surface area contributed by atoms with Crippen LogP contribution in [0, 0.1) is 0 Å². The summed E-state index contributed by atoms with van der Waals surface area (Å²) in [5.74, 6) is 0.260. The molecule has 0 spiro atoms. The number of nitrogens with zero attached hydrogens (tertiary/aromatic N) is 2. The average molecular weight is 186 g/mol. The molecule has 0 saturated carbocycles. The van der Waals surface area contributed by atoms with Gasteiger partial charge in [0.1, 0.15) is 5.75 Å². The summed E-state index contributed by atoms with van der Waals surface area (Å²) in [4.78, 5) is 8.24. The summed E-state index contributed by atoms with van der Waals surface area (Å²) in [5.41, 5.74) is 1.69. The van der Waals surface area contributed by atoms with Crippen LogP contribution in [0.1, 0.15) is 5.69 Å². The molecule has 0 aliphatic carbocycles. The Bertz CT molecular complexity index is 492. The van der Waals surface area contributed by atoms with E-state index in [0.717, 1.165) is 16.6 Å². The van der Waals surface area contributed by atoms with Crippen molar-refractivity contribution in [2.45, 2.75) is 0 Å². The Balaban J connectivity index is 2.61. The maximum atomic E-state index is 9.25. The minimum Gasteiger partial charge on any atom is -0.508 e. The van der Waals surface area contributed by atoms with Gasteiger partial charge in [-0.15, -0.1) is 0 Å². The van der Waals surface area contributed by atoms with E-state index in [4.69, 9.17) is 0 Å². The summed E-state index contributed by atoms with van der Waals surface area (Å²) in [5, 5.41) is 10.2. The standard InChI is InChI=1S/C11H10N2O/c1-12-7-9-3-2-8-6-10(14)4-5-11(8)13-9/h2-7,14H,1H3/b12-7-. The highest BCUT2D eigenvalue weighted by Crippen LogP contribution is 2.17. The first-order chi connectivity index (χ1) is 6.79. The summed E-state index contributed by atoms with van der Waals surface area (Å²) in [6.45, 7) is 0. The third kappa shape index (κ3) is 1.57. The highest BCUT2D eigenvalue weighted by Gasteiger charge is 1.97. The van der Waals surface area contributed by atoms with E-state index in [2.05, 4.69) is 9.98 Å². The number of rotatable bonds is 1. The lowest BCUT2D eigenvalue weighted by Crippen LogP contribution is -1.87. The molecule has 0 unspecified atom stereocenters. The van der Waals surface area contributed by atoms with Crippen LogP contribution in [0.4, 0.5) is 0 Å². The Morgan fingerprint density at radius 2 is 2.14 bits per heavy atom. The fraction of sp³-hybridized carbons (Fsp3) is 0.0909. The number of aliphatic imine (C=N–C) groups is 1. The Morgan fingerprint density at radius 1 is 1.29 bits per heavy atom. The van der Waals surface area contributed by atoms with Crippen LogP contribution in [-0.4, -0.2) is 23.4 Å². The fourth-order valence-electron chi connectivity index (χ4n) is 1.33. The molecule has 0 bridgehead atoms. The molecule has 0 aliphatic heterocycles. The molecular formula is C11H10N2O. The number of benzene rings is 1. The lowest BCUT2D eigenvalue weighted by molar-refractivity contribution is 0.476. The highest BCUT2D eigenvalue weighted by molar-refractivity contribution is 5.85. The van der Waals surface area contributed by atoms with E-state index in [9.17, 15) is 5.11 Å². The molecule has 70 valence electrons. The van der Waals surface area contributed by atoms with Gasteiger partial charge in [0, 0.05) is 18.6 Å². The van der Waals surface area contributed by atoms with Gasteiger partial charge >= 0.3 is 0 Å². The molecule has 0 saturated heterocycles. The number of fused-ring (bicyclic) bond motifs is 1.